The van der Waals surface area contributed by atoms with Crippen LogP contribution in [0.1, 0.15) is 6.42 Å². The maximum atomic E-state index is 11.6. The molecule has 1 fully saturated rings. The molecule has 0 radical (unpaired) electrons. The Hall–Kier alpha value is -0.910. The van der Waals surface area contributed by atoms with Crippen molar-refractivity contribution in [2.24, 2.45) is 17.8 Å². The maximum Gasteiger partial charge on any atom is 0.313 e. The highest BCUT2D eigenvalue weighted by molar-refractivity contribution is 5.74. The average Bonchev–Trinajstić information content (AvgIpc) is 2.71. The first kappa shape index (κ1) is 11.6. The summed E-state index contributed by atoms with van der Waals surface area (Å²) in [6, 6.07) is 0. The first-order chi connectivity index (χ1) is 7.72. The van der Waals surface area contributed by atoms with Gasteiger partial charge in [0.15, 0.2) is 0 Å². The van der Waals surface area contributed by atoms with Crippen LogP contribution in [0, 0.1) is 17.8 Å². The molecule has 4 atom stereocenters. The lowest BCUT2D eigenvalue weighted by molar-refractivity contribution is -0.211. The minimum Gasteiger partial charge on any atom is -0.435 e. The molecule has 2 unspecified atom stereocenters. The molecule has 0 amide bonds. The van der Waals surface area contributed by atoms with E-state index in [1.54, 1.807) is 0 Å². The maximum absolute atomic E-state index is 11.6. The number of cyclic esters (lactones) is 1. The van der Waals surface area contributed by atoms with Crippen LogP contribution in [0.3, 0.4) is 0 Å². The third-order valence-electron chi connectivity index (χ3n) is 3.50. The second-order valence-electron chi connectivity index (χ2n) is 4.19. The number of allylic oxidation sites excluding steroid dienone is 1. The SMILES string of the molecule is CO[C@@H]1OC(=O)[C@H](CO)C2CC=C(CO)C21. The van der Waals surface area contributed by atoms with E-state index in [0.29, 0.717) is 6.42 Å². The second kappa shape index (κ2) is 4.53. The number of ether oxygens (including phenoxy) is 2. The number of methoxy groups -OCH3 is 1. The Balaban J connectivity index is 2.24. The van der Waals surface area contributed by atoms with Gasteiger partial charge in [-0.1, -0.05) is 6.08 Å². The van der Waals surface area contributed by atoms with Crippen LogP contribution in [0.5, 0.6) is 0 Å². The summed E-state index contributed by atoms with van der Waals surface area (Å²) in [6.45, 7) is -0.278. The van der Waals surface area contributed by atoms with Crippen molar-refractivity contribution in [1.82, 2.24) is 0 Å². The molecule has 1 saturated heterocycles. The Morgan fingerprint density at radius 3 is 2.88 bits per heavy atom. The smallest absolute Gasteiger partial charge is 0.313 e. The minimum absolute atomic E-state index is 0.0154. The Bertz CT molecular complexity index is 311. The highest BCUT2D eigenvalue weighted by Gasteiger charge is 2.49. The quantitative estimate of drug-likeness (QED) is 0.511. The van der Waals surface area contributed by atoms with Gasteiger partial charge < -0.3 is 19.7 Å². The van der Waals surface area contributed by atoms with E-state index in [-0.39, 0.29) is 25.0 Å². The molecule has 1 aliphatic carbocycles. The van der Waals surface area contributed by atoms with Crippen LogP contribution in [0.4, 0.5) is 0 Å². The van der Waals surface area contributed by atoms with E-state index in [1.807, 2.05) is 6.08 Å². The number of carbonyl (C=O) groups is 1. The van der Waals surface area contributed by atoms with Gasteiger partial charge in [0.25, 0.3) is 0 Å². The first-order valence-electron chi connectivity index (χ1n) is 5.36. The van der Waals surface area contributed by atoms with Gasteiger partial charge in [-0.2, -0.15) is 0 Å². The van der Waals surface area contributed by atoms with Crippen molar-refractivity contribution in [3.8, 4) is 0 Å². The zero-order valence-electron chi connectivity index (χ0n) is 9.13. The van der Waals surface area contributed by atoms with Crippen LogP contribution in [0.25, 0.3) is 0 Å². The Morgan fingerprint density at radius 2 is 2.31 bits per heavy atom. The second-order valence-corrected chi connectivity index (χ2v) is 4.19. The van der Waals surface area contributed by atoms with Gasteiger partial charge in [-0.05, 0) is 17.9 Å². The molecule has 1 aliphatic heterocycles. The Morgan fingerprint density at radius 1 is 1.56 bits per heavy atom. The van der Waals surface area contributed by atoms with Crippen molar-refractivity contribution in [1.29, 1.82) is 0 Å². The lowest BCUT2D eigenvalue weighted by Crippen LogP contribution is -2.46. The lowest BCUT2D eigenvalue weighted by Gasteiger charge is -2.37. The zero-order valence-corrected chi connectivity index (χ0v) is 9.13. The fraction of sp³-hybridized carbons (Fsp3) is 0.727. The van der Waals surface area contributed by atoms with Gasteiger partial charge in [0.2, 0.25) is 6.29 Å². The predicted molar refractivity (Wildman–Crippen MR) is 54.2 cm³/mol. The first-order valence-corrected chi connectivity index (χ1v) is 5.36. The number of aliphatic hydroxyl groups excluding tert-OH is 2. The van der Waals surface area contributed by atoms with E-state index in [4.69, 9.17) is 9.47 Å². The van der Waals surface area contributed by atoms with Crippen molar-refractivity contribution < 1.29 is 24.5 Å². The fourth-order valence-corrected chi connectivity index (χ4v) is 2.66. The van der Waals surface area contributed by atoms with E-state index in [1.165, 1.54) is 7.11 Å². The summed E-state index contributed by atoms with van der Waals surface area (Å²) in [4.78, 5) is 11.6. The largest absolute Gasteiger partial charge is 0.435 e. The van der Waals surface area contributed by atoms with Gasteiger partial charge >= 0.3 is 5.97 Å². The molecule has 0 aromatic heterocycles. The summed E-state index contributed by atoms with van der Waals surface area (Å²) in [5, 5.41) is 18.4. The summed E-state index contributed by atoms with van der Waals surface area (Å²) in [5.74, 6) is -1.05. The van der Waals surface area contributed by atoms with Gasteiger partial charge in [0.1, 0.15) is 0 Å². The standard InChI is InChI=1S/C11H16O5/c1-15-11-9-6(4-12)2-3-7(9)8(5-13)10(14)16-11/h2,7-9,11-13H,3-5H2,1H3/t7?,8-,9?,11-/m1/s1. The molecule has 2 aliphatic rings. The molecule has 0 bridgehead atoms. The molecular weight excluding hydrogens is 212 g/mol. The molecule has 5 heteroatoms. The number of fused-ring (bicyclic) bond motifs is 1. The molecule has 0 saturated carbocycles. The summed E-state index contributed by atoms with van der Waals surface area (Å²) in [5.41, 5.74) is 0.836. The molecule has 0 aromatic rings. The van der Waals surface area contributed by atoms with Crippen LogP contribution in [0.15, 0.2) is 11.6 Å². The highest BCUT2D eigenvalue weighted by atomic mass is 16.7. The molecule has 0 aromatic carbocycles. The van der Waals surface area contributed by atoms with E-state index < -0.39 is 18.2 Å². The normalized spacial score (nSPS) is 37.9. The monoisotopic (exact) mass is 228 g/mol. The molecular formula is C11H16O5. The average molecular weight is 228 g/mol. The number of hydrogen-bond donors (Lipinski definition) is 2. The summed E-state index contributed by atoms with van der Waals surface area (Å²) in [7, 11) is 1.47. The van der Waals surface area contributed by atoms with Crippen LogP contribution in [-0.2, 0) is 14.3 Å². The number of aliphatic hydroxyl groups is 2. The third kappa shape index (κ3) is 1.65. The Kier molecular flexibility index (Phi) is 3.28. The molecule has 1 heterocycles. The lowest BCUT2D eigenvalue weighted by atomic mass is 9.79. The van der Waals surface area contributed by atoms with Crippen LogP contribution < -0.4 is 0 Å². The highest BCUT2D eigenvalue weighted by Crippen LogP contribution is 2.43. The van der Waals surface area contributed by atoms with Crippen molar-refractivity contribution in [2.45, 2.75) is 12.7 Å². The van der Waals surface area contributed by atoms with Gasteiger partial charge in [-0.15, -0.1) is 0 Å². The van der Waals surface area contributed by atoms with E-state index >= 15 is 0 Å². The third-order valence-corrected chi connectivity index (χ3v) is 3.50. The topological polar surface area (TPSA) is 76.0 Å². The van der Waals surface area contributed by atoms with Gasteiger partial charge in [0.05, 0.1) is 19.1 Å². The molecule has 16 heavy (non-hydrogen) atoms. The van der Waals surface area contributed by atoms with Gasteiger partial charge in [0, 0.05) is 13.0 Å². The van der Waals surface area contributed by atoms with E-state index in [9.17, 15) is 15.0 Å². The zero-order chi connectivity index (χ0) is 11.7. The van der Waals surface area contributed by atoms with Crippen molar-refractivity contribution >= 4 is 5.97 Å². The van der Waals surface area contributed by atoms with Crippen LogP contribution in [0.2, 0.25) is 0 Å². The fourth-order valence-electron chi connectivity index (χ4n) is 2.66. The van der Waals surface area contributed by atoms with Crippen LogP contribution >= 0.6 is 0 Å². The van der Waals surface area contributed by atoms with Gasteiger partial charge in [-0.3, -0.25) is 4.79 Å². The van der Waals surface area contributed by atoms with E-state index in [0.717, 1.165) is 5.57 Å². The molecule has 2 rings (SSSR count). The summed E-state index contributed by atoms with van der Waals surface area (Å²) in [6.07, 6.45) is 1.95. The molecule has 2 N–H and O–H groups in total. The van der Waals surface area contributed by atoms with Crippen LogP contribution in [-0.4, -0.2) is 42.8 Å². The number of carbonyl (C=O) groups excluding carboxylic acids is 1. The number of hydrogen-bond acceptors (Lipinski definition) is 5. The Labute approximate surface area is 93.7 Å². The molecule has 0 spiro atoms. The van der Waals surface area contributed by atoms with Crippen molar-refractivity contribution in [3.63, 3.8) is 0 Å². The number of esters is 1. The minimum atomic E-state index is -0.638. The van der Waals surface area contributed by atoms with E-state index in [2.05, 4.69) is 0 Å². The summed E-state index contributed by atoms with van der Waals surface area (Å²) >= 11 is 0. The van der Waals surface area contributed by atoms with Crippen molar-refractivity contribution in [2.75, 3.05) is 20.3 Å². The number of rotatable bonds is 3. The van der Waals surface area contributed by atoms with Gasteiger partial charge in [-0.25, -0.2) is 0 Å². The molecule has 90 valence electrons. The predicted octanol–water partition coefficient (Wildman–Crippen LogP) is -0.321. The van der Waals surface area contributed by atoms with Crippen molar-refractivity contribution in [3.05, 3.63) is 11.6 Å². The summed E-state index contributed by atoms with van der Waals surface area (Å²) < 4.78 is 10.2. The molecule has 5 nitrogen and oxygen atoms in total.